The molecular formula is C16H23NO2. The number of nitrogens with one attached hydrogen (secondary N) is 1. The molecular weight excluding hydrogens is 238 g/mol. The fourth-order valence-electron chi connectivity index (χ4n) is 1.74. The van der Waals surface area contributed by atoms with Gasteiger partial charge >= 0.3 is 0 Å². The maximum absolute atomic E-state index is 11.8. The molecule has 3 nitrogen and oxygen atoms in total. The molecule has 1 rings (SSSR count). The first-order valence-corrected chi connectivity index (χ1v) is 6.79. The molecule has 0 spiro atoms. The van der Waals surface area contributed by atoms with Gasteiger partial charge in [0.05, 0.1) is 6.10 Å². The molecule has 104 valence electrons. The molecule has 2 unspecified atom stereocenters. The number of benzene rings is 1. The molecule has 2 N–H and O–H groups in total. The molecule has 0 heterocycles. The number of carbonyl (C=O) groups is 1. The van der Waals surface area contributed by atoms with Crippen LogP contribution < -0.4 is 5.32 Å². The highest BCUT2D eigenvalue weighted by Crippen LogP contribution is 2.22. The Hall–Kier alpha value is -1.61. The normalized spacial score (nSPS) is 13.6. The Morgan fingerprint density at radius 3 is 2.58 bits per heavy atom. The second-order valence-corrected chi connectivity index (χ2v) is 4.77. The molecule has 1 amide bonds. The minimum atomic E-state index is -0.574. The first kappa shape index (κ1) is 15.4. The lowest BCUT2D eigenvalue weighted by atomic mass is 9.97. The van der Waals surface area contributed by atoms with Crippen LogP contribution in [-0.4, -0.2) is 17.6 Å². The summed E-state index contributed by atoms with van der Waals surface area (Å²) in [5, 5.41) is 12.9. The fourth-order valence-corrected chi connectivity index (χ4v) is 1.74. The topological polar surface area (TPSA) is 49.3 Å². The smallest absolute Gasteiger partial charge is 0.251 e. The molecule has 3 heteroatoms. The zero-order valence-electron chi connectivity index (χ0n) is 11.7. The van der Waals surface area contributed by atoms with Crippen LogP contribution in [0.4, 0.5) is 0 Å². The Kier molecular flexibility index (Phi) is 6.30. The summed E-state index contributed by atoms with van der Waals surface area (Å²) in [6, 6.07) is 7.07. The quantitative estimate of drug-likeness (QED) is 0.585. The maximum atomic E-state index is 11.8. The Morgan fingerprint density at radius 2 is 2.05 bits per heavy atom. The number of rotatable bonds is 7. The van der Waals surface area contributed by atoms with Crippen LogP contribution in [0.5, 0.6) is 0 Å². The van der Waals surface area contributed by atoms with Gasteiger partial charge in [0.15, 0.2) is 0 Å². The van der Waals surface area contributed by atoms with Gasteiger partial charge in [0.25, 0.3) is 5.91 Å². The first-order chi connectivity index (χ1) is 9.10. The molecule has 0 saturated heterocycles. The Bertz CT molecular complexity index is 411. The van der Waals surface area contributed by atoms with E-state index in [1.54, 1.807) is 30.3 Å². The molecule has 1 aromatic rings. The van der Waals surface area contributed by atoms with E-state index in [1.165, 1.54) is 0 Å². The summed E-state index contributed by atoms with van der Waals surface area (Å²) in [7, 11) is 0. The summed E-state index contributed by atoms with van der Waals surface area (Å²) in [5.74, 6) is -0.0736. The van der Waals surface area contributed by atoms with E-state index < -0.39 is 6.10 Å². The van der Waals surface area contributed by atoms with E-state index in [9.17, 15) is 9.90 Å². The van der Waals surface area contributed by atoms with E-state index in [4.69, 9.17) is 0 Å². The van der Waals surface area contributed by atoms with Gasteiger partial charge in [-0.05, 0) is 24.1 Å². The third-order valence-electron chi connectivity index (χ3n) is 3.20. The van der Waals surface area contributed by atoms with Gasteiger partial charge in [-0.1, -0.05) is 38.5 Å². The number of aliphatic hydroxyl groups excluding tert-OH is 1. The van der Waals surface area contributed by atoms with Crippen molar-refractivity contribution in [1.29, 1.82) is 0 Å². The second kappa shape index (κ2) is 7.74. The average Bonchev–Trinajstić information content (AvgIpc) is 2.46. The van der Waals surface area contributed by atoms with Crippen LogP contribution in [0.15, 0.2) is 36.9 Å². The first-order valence-electron chi connectivity index (χ1n) is 6.79. The predicted molar refractivity (Wildman–Crippen MR) is 78.0 cm³/mol. The van der Waals surface area contributed by atoms with E-state index >= 15 is 0 Å². The Balaban J connectivity index is 2.65. The van der Waals surface area contributed by atoms with Crippen molar-refractivity contribution in [3.8, 4) is 0 Å². The summed E-state index contributed by atoms with van der Waals surface area (Å²) >= 11 is 0. The number of aliphatic hydroxyl groups is 1. The van der Waals surface area contributed by atoms with Crippen molar-refractivity contribution in [2.45, 2.75) is 32.8 Å². The van der Waals surface area contributed by atoms with Gasteiger partial charge < -0.3 is 10.4 Å². The largest absolute Gasteiger partial charge is 0.388 e. The summed E-state index contributed by atoms with van der Waals surface area (Å²) in [6.45, 7) is 8.36. The monoisotopic (exact) mass is 261 g/mol. The van der Waals surface area contributed by atoms with Crippen molar-refractivity contribution in [3.05, 3.63) is 48.0 Å². The standard InChI is InChI=1S/C16H23NO2/c1-4-6-11-17-16(19)14-9-7-13(8-10-14)15(18)12(3)5-2/h5,7-10,12,15,18H,2,4,6,11H2,1,3H3,(H,17,19). The number of hydrogen-bond acceptors (Lipinski definition) is 2. The van der Waals surface area contributed by atoms with E-state index in [0.29, 0.717) is 12.1 Å². The highest BCUT2D eigenvalue weighted by atomic mass is 16.3. The van der Waals surface area contributed by atoms with Crippen LogP contribution in [0.3, 0.4) is 0 Å². The molecule has 0 bridgehead atoms. The van der Waals surface area contributed by atoms with Crippen LogP contribution in [-0.2, 0) is 0 Å². The molecule has 2 atom stereocenters. The van der Waals surface area contributed by atoms with Gasteiger partial charge in [0.1, 0.15) is 0 Å². The molecule has 0 saturated carbocycles. The van der Waals surface area contributed by atoms with E-state index in [0.717, 1.165) is 18.4 Å². The highest BCUT2D eigenvalue weighted by molar-refractivity contribution is 5.94. The average molecular weight is 261 g/mol. The molecule has 0 fully saturated rings. The minimum absolute atomic E-state index is 0.00997. The van der Waals surface area contributed by atoms with Crippen LogP contribution in [0, 0.1) is 5.92 Å². The molecule has 19 heavy (non-hydrogen) atoms. The minimum Gasteiger partial charge on any atom is -0.388 e. The van der Waals surface area contributed by atoms with Gasteiger partial charge in [-0.25, -0.2) is 0 Å². The zero-order chi connectivity index (χ0) is 14.3. The van der Waals surface area contributed by atoms with E-state index in [-0.39, 0.29) is 11.8 Å². The van der Waals surface area contributed by atoms with Gasteiger partial charge in [-0.15, -0.1) is 6.58 Å². The summed E-state index contributed by atoms with van der Waals surface area (Å²) in [6.07, 6.45) is 3.19. The Morgan fingerprint density at radius 1 is 1.42 bits per heavy atom. The molecule has 0 radical (unpaired) electrons. The third kappa shape index (κ3) is 4.52. The van der Waals surface area contributed by atoms with E-state index in [1.807, 2.05) is 6.92 Å². The van der Waals surface area contributed by atoms with Crippen molar-refractivity contribution >= 4 is 5.91 Å². The van der Waals surface area contributed by atoms with Crippen molar-refractivity contribution in [3.63, 3.8) is 0 Å². The zero-order valence-corrected chi connectivity index (χ0v) is 11.7. The maximum Gasteiger partial charge on any atom is 0.251 e. The van der Waals surface area contributed by atoms with Gasteiger partial charge in [-0.2, -0.15) is 0 Å². The van der Waals surface area contributed by atoms with Crippen LogP contribution in [0.2, 0.25) is 0 Å². The van der Waals surface area contributed by atoms with Crippen molar-refractivity contribution in [2.24, 2.45) is 5.92 Å². The molecule has 0 aliphatic heterocycles. The molecule has 1 aromatic carbocycles. The lowest BCUT2D eigenvalue weighted by Gasteiger charge is -2.15. The van der Waals surface area contributed by atoms with Gasteiger partial charge in [0, 0.05) is 18.0 Å². The number of hydrogen-bond donors (Lipinski definition) is 2. The fraction of sp³-hybridized carbons (Fsp3) is 0.438. The summed E-state index contributed by atoms with van der Waals surface area (Å²) in [5.41, 5.74) is 1.43. The number of amides is 1. The number of unbranched alkanes of at least 4 members (excludes halogenated alkanes) is 1. The third-order valence-corrected chi connectivity index (χ3v) is 3.20. The molecule has 0 aliphatic rings. The van der Waals surface area contributed by atoms with E-state index in [2.05, 4.69) is 18.8 Å². The second-order valence-electron chi connectivity index (χ2n) is 4.77. The lowest BCUT2D eigenvalue weighted by molar-refractivity contribution is 0.0952. The van der Waals surface area contributed by atoms with Crippen LogP contribution >= 0.6 is 0 Å². The molecule has 0 aromatic heterocycles. The van der Waals surface area contributed by atoms with Gasteiger partial charge in [0.2, 0.25) is 0 Å². The van der Waals surface area contributed by atoms with Crippen molar-refractivity contribution < 1.29 is 9.90 Å². The SMILES string of the molecule is C=CC(C)C(O)c1ccc(C(=O)NCCCC)cc1. The van der Waals surface area contributed by atoms with Gasteiger partial charge in [-0.3, -0.25) is 4.79 Å². The van der Waals surface area contributed by atoms with Crippen LogP contribution in [0.25, 0.3) is 0 Å². The van der Waals surface area contributed by atoms with Crippen LogP contribution in [0.1, 0.15) is 48.7 Å². The Labute approximate surface area is 115 Å². The van der Waals surface area contributed by atoms with Crippen molar-refractivity contribution in [2.75, 3.05) is 6.54 Å². The van der Waals surface area contributed by atoms with Crippen molar-refractivity contribution in [1.82, 2.24) is 5.32 Å². The lowest BCUT2D eigenvalue weighted by Crippen LogP contribution is -2.24. The predicted octanol–water partition coefficient (Wildman–Crippen LogP) is 3.07. The summed E-state index contributed by atoms with van der Waals surface area (Å²) < 4.78 is 0. The summed E-state index contributed by atoms with van der Waals surface area (Å²) in [4.78, 5) is 11.8. The number of carbonyl (C=O) groups excluding carboxylic acids is 1. The molecule has 0 aliphatic carbocycles. The highest BCUT2D eigenvalue weighted by Gasteiger charge is 2.13.